The number of rotatable bonds is 7. The monoisotopic (exact) mass is 224 g/mol. The topological polar surface area (TPSA) is 43.4 Å². The molecular weight excluding hydrogens is 204 g/mol. The van der Waals surface area contributed by atoms with Crippen LogP contribution in [-0.2, 0) is 11.3 Å². The summed E-state index contributed by atoms with van der Waals surface area (Å²) in [6.07, 6.45) is 1.04. The molecule has 0 aromatic carbocycles. The smallest absolute Gasteiger partial charge is 0.213 e. The molecule has 1 unspecified atom stereocenters. The van der Waals surface area contributed by atoms with Crippen LogP contribution in [0.1, 0.15) is 19.0 Å². The van der Waals surface area contributed by atoms with E-state index in [1.807, 2.05) is 18.2 Å². The normalized spacial score (nSPS) is 12.4. The summed E-state index contributed by atoms with van der Waals surface area (Å²) < 4.78 is 10.2. The van der Waals surface area contributed by atoms with Crippen LogP contribution in [0.2, 0.25) is 0 Å². The molecule has 0 spiro atoms. The largest absolute Gasteiger partial charge is 0.481 e. The van der Waals surface area contributed by atoms with E-state index in [2.05, 4.69) is 17.2 Å². The van der Waals surface area contributed by atoms with E-state index in [1.54, 1.807) is 14.2 Å². The van der Waals surface area contributed by atoms with Crippen LogP contribution in [0.5, 0.6) is 5.88 Å². The van der Waals surface area contributed by atoms with Gasteiger partial charge >= 0.3 is 0 Å². The highest BCUT2D eigenvalue weighted by Crippen LogP contribution is 2.06. The Balaban J connectivity index is 2.46. The third-order valence-electron chi connectivity index (χ3n) is 2.42. The first-order valence-electron chi connectivity index (χ1n) is 5.52. The van der Waals surface area contributed by atoms with Gasteiger partial charge in [-0.25, -0.2) is 4.98 Å². The Morgan fingerprint density at radius 3 is 2.81 bits per heavy atom. The second-order valence-electron chi connectivity index (χ2n) is 3.61. The van der Waals surface area contributed by atoms with Gasteiger partial charge in [-0.1, -0.05) is 13.0 Å². The van der Waals surface area contributed by atoms with Crippen LogP contribution in [0.25, 0.3) is 0 Å². The van der Waals surface area contributed by atoms with E-state index in [4.69, 9.17) is 9.47 Å². The number of methoxy groups -OCH3 is 2. The van der Waals surface area contributed by atoms with Gasteiger partial charge in [0.1, 0.15) is 0 Å². The van der Waals surface area contributed by atoms with Crippen LogP contribution in [0.15, 0.2) is 18.2 Å². The number of hydrogen-bond acceptors (Lipinski definition) is 4. The molecule has 0 radical (unpaired) electrons. The van der Waals surface area contributed by atoms with Crippen molar-refractivity contribution in [3.8, 4) is 5.88 Å². The zero-order valence-electron chi connectivity index (χ0n) is 10.2. The van der Waals surface area contributed by atoms with Crippen LogP contribution >= 0.6 is 0 Å². The second kappa shape index (κ2) is 7.19. The Kier molecular flexibility index (Phi) is 5.82. The lowest BCUT2D eigenvalue weighted by Crippen LogP contribution is -2.32. The van der Waals surface area contributed by atoms with Crippen molar-refractivity contribution in [1.82, 2.24) is 10.3 Å². The van der Waals surface area contributed by atoms with Crippen molar-refractivity contribution < 1.29 is 9.47 Å². The quantitative estimate of drug-likeness (QED) is 0.764. The van der Waals surface area contributed by atoms with Crippen molar-refractivity contribution in [3.63, 3.8) is 0 Å². The Hall–Kier alpha value is -1.13. The van der Waals surface area contributed by atoms with E-state index in [9.17, 15) is 0 Å². The fourth-order valence-electron chi connectivity index (χ4n) is 1.44. The average Bonchev–Trinajstić information content (AvgIpc) is 2.34. The van der Waals surface area contributed by atoms with Crippen molar-refractivity contribution in [2.24, 2.45) is 0 Å². The zero-order chi connectivity index (χ0) is 11.8. The molecule has 0 bridgehead atoms. The number of hydrogen-bond donors (Lipinski definition) is 1. The molecule has 16 heavy (non-hydrogen) atoms. The molecule has 0 aliphatic carbocycles. The molecule has 4 nitrogen and oxygen atoms in total. The van der Waals surface area contributed by atoms with Crippen LogP contribution in [0.3, 0.4) is 0 Å². The fourth-order valence-corrected chi connectivity index (χ4v) is 1.44. The first kappa shape index (κ1) is 12.9. The Labute approximate surface area is 97.0 Å². The van der Waals surface area contributed by atoms with Crippen LogP contribution < -0.4 is 10.1 Å². The molecule has 1 heterocycles. The lowest BCUT2D eigenvalue weighted by Gasteiger charge is -2.15. The third-order valence-corrected chi connectivity index (χ3v) is 2.42. The standard InChI is InChI=1S/C12H20N2O2/c1-4-10(9-15-2)13-8-11-6-5-7-12(14-11)16-3/h5-7,10,13H,4,8-9H2,1-3H3. The molecule has 90 valence electrons. The van der Waals surface area contributed by atoms with Gasteiger partial charge in [-0.2, -0.15) is 0 Å². The van der Waals surface area contributed by atoms with E-state index < -0.39 is 0 Å². The summed E-state index contributed by atoms with van der Waals surface area (Å²) in [6, 6.07) is 6.14. The molecule has 4 heteroatoms. The zero-order valence-corrected chi connectivity index (χ0v) is 10.2. The van der Waals surface area contributed by atoms with Crippen molar-refractivity contribution in [1.29, 1.82) is 0 Å². The minimum Gasteiger partial charge on any atom is -0.481 e. The minimum absolute atomic E-state index is 0.373. The molecule has 1 aromatic rings. The summed E-state index contributed by atoms with van der Waals surface area (Å²) in [5, 5.41) is 3.39. The summed E-state index contributed by atoms with van der Waals surface area (Å²) in [7, 11) is 3.34. The lowest BCUT2D eigenvalue weighted by atomic mass is 10.2. The first-order valence-corrected chi connectivity index (χ1v) is 5.52. The maximum atomic E-state index is 5.12. The summed E-state index contributed by atoms with van der Waals surface area (Å²) in [5.74, 6) is 0.652. The van der Waals surface area contributed by atoms with Gasteiger partial charge < -0.3 is 14.8 Å². The maximum absolute atomic E-state index is 5.12. The SMILES string of the molecule is CCC(COC)NCc1cccc(OC)n1. The molecule has 1 rings (SSSR count). The van der Waals surface area contributed by atoms with Gasteiger partial charge in [0.2, 0.25) is 5.88 Å². The Morgan fingerprint density at radius 2 is 2.19 bits per heavy atom. The highest BCUT2D eigenvalue weighted by atomic mass is 16.5. The van der Waals surface area contributed by atoms with Gasteiger partial charge in [-0.3, -0.25) is 0 Å². The number of ether oxygens (including phenoxy) is 2. The molecule has 0 aliphatic rings. The average molecular weight is 224 g/mol. The van der Waals surface area contributed by atoms with Crippen LogP contribution in [0.4, 0.5) is 0 Å². The van der Waals surface area contributed by atoms with Crippen molar-refractivity contribution in [3.05, 3.63) is 23.9 Å². The molecule has 0 saturated heterocycles. The third kappa shape index (κ3) is 4.16. The van der Waals surface area contributed by atoms with Gasteiger partial charge in [0, 0.05) is 25.8 Å². The molecule has 1 N–H and O–H groups in total. The van der Waals surface area contributed by atoms with E-state index in [1.165, 1.54) is 0 Å². The Morgan fingerprint density at radius 1 is 1.38 bits per heavy atom. The van der Waals surface area contributed by atoms with Gasteiger partial charge in [-0.15, -0.1) is 0 Å². The summed E-state index contributed by atoms with van der Waals surface area (Å²) >= 11 is 0. The summed E-state index contributed by atoms with van der Waals surface area (Å²) in [4.78, 5) is 4.33. The van der Waals surface area contributed by atoms with Gasteiger partial charge in [0.05, 0.1) is 19.4 Å². The Bertz CT molecular complexity index is 305. The van der Waals surface area contributed by atoms with E-state index in [0.717, 1.165) is 25.3 Å². The molecule has 0 fully saturated rings. The van der Waals surface area contributed by atoms with E-state index >= 15 is 0 Å². The predicted molar refractivity (Wildman–Crippen MR) is 63.6 cm³/mol. The molecule has 0 aliphatic heterocycles. The van der Waals surface area contributed by atoms with Crippen molar-refractivity contribution in [2.75, 3.05) is 20.8 Å². The second-order valence-corrected chi connectivity index (χ2v) is 3.61. The van der Waals surface area contributed by atoms with E-state index in [0.29, 0.717) is 11.9 Å². The molecule has 1 aromatic heterocycles. The molecule has 0 amide bonds. The first-order chi connectivity index (χ1) is 7.80. The van der Waals surface area contributed by atoms with Gasteiger partial charge in [0.15, 0.2) is 0 Å². The molecular formula is C12H20N2O2. The number of aromatic nitrogens is 1. The highest BCUT2D eigenvalue weighted by molar-refractivity contribution is 5.15. The molecule has 1 atom stereocenters. The number of nitrogens with zero attached hydrogens (tertiary/aromatic N) is 1. The lowest BCUT2D eigenvalue weighted by molar-refractivity contribution is 0.163. The minimum atomic E-state index is 0.373. The van der Waals surface area contributed by atoms with Crippen molar-refractivity contribution in [2.45, 2.75) is 25.9 Å². The van der Waals surface area contributed by atoms with Crippen molar-refractivity contribution >= 4 is 0 Å². The van der Waals surface area contributed by atoms with Gasteiger partial charge in [0.25, 0.3) is 0 Å². The summed E-state index contributed by atoms with van der Waals surface area (Å²) in [6.45, 7) is 3.59. The summed E-state index contributed by atoms with van der Waals surface area (Å²) in [5.41, 5.74) is 0.980. The number of pyridine rings is 1. The molecule has 0 saturated carbocycles. The highest BCUT2D eigenvalue weighted by Gasteiger charge is 2.05. The number of nitrogens with one attached hydrogen (secondary N) is 1. The maximum Gasteiger partial charge on any atom is 0.213 e. The van der Waals surface area contributed by atoms with Crippen LogP contribution in [0, 0.1) is 0 Å². The van der Waals surface area contributed by atoms with Gasteiger partial charge in [-0.05, 0) is 12.5 Å². The van der Waals surface area contributed by atoms with E-state index in [-0.39, 0.29) is 0 Å². The fraction of sp³-hybridized carbons (Fsp3) is 0.583. The van der Waals surface area contributed by atoms with Crippen LogP contribution in [-0.4, -0.2) is 31.9 Å². The predicted octanol–water partition coefficient (Wildman–Crippen LogP) is 1.60.